The van der Waals surface area contributed by atoms with Crippen LogP contribution in [0.15, 0.2) is 46.1 Å². The summed E-state index contributed by atoms with van der Waals surface area (Å²) in [4.78, 5) is 39.0. The zero-order valence-electron chi connectivity index (χ0n) is 19.9. The van der Waals surface area contributed by atoms with Crippen LogP contribution in [0.1, 0.15) is 48.3 Å². The Balaban J connectivity index is 1.83. The van der Waals surface area contributed by atoms with Crippen LogP contribution in [0, 0.1) is 5.82 Å². The van der Waals surface area contributed by atoms with E-state index >= 15 is 0 Å². The highest BCUT2D eigenvalue weighted by atomic mass is 32.2. The SMILES string of the molecule is CC(C)(C)OC(=O)CNC(=O)c1c(O)c2c(F)ccc3c2n(c1=O)C(c1ccc(C(F)(F)F)cc1)CS3. The van der Waals surface area contributed by atoms with E-state index in [9.17, 15) is 37.1 Å². The fourth-order valence-electron chi connectivity index (χ4n) is 4.08. The Hall–Kier alpha value is -3.54. The summed E-state index contributed by atoms with van der Waals surface area (Å²) < 4.78 is 60.3. The van der Waals surface area contributed by atoms with Gasteiger partial charge in [0.1, 0.15) is 29.3 Å². The molecule has 2 heterocycles. The molecule has 1 aliphatic heterocycles. The van der Waals surface area contributed by atoms with Gasteiger partial charge in [-0.3, -0.25) is 19.0 Å². The molecule has 7 nitrogen and oxygen atoms in total. The molecular formula is C25H22F4N2O5S. The third kappa shape index (κ3) is 5.15. The third-order valence-corrected chi connectivity index (χ3v) is 6.73. The van der Waals surface area contributed by atoms with Gasteiger partial charge in [0.2, 0.25) is 0 Å². The number of pyridine rings is 1. The number of carbonyl (C=O) groups is 2. The Kier molecular flexibility index (Phi) is 6.74. The molecule has 1 aromatic heterocycles. The molecule has 0 bridgehead atoms. The van der Waals surface area contributed by atoms with Crippen molar-refractivity contribution in [2.45, 2.75) is 43.5 Å². The van der Waals surface area contributed by atoms with Crippen LogP contribution in [-0.4, -0.2) is 39.4 Å². The number of nitrogens with zero attached hydrogens (tertiary/aromatic N) is 1. The monoisotopic (exact) mass is 538 g/mol. The largest absolute Gasteiger partial charge is 0.506 e. The first kappa shape index (κ1) is 26.5. The van der Waals surface area contributed by atoms with Crippen molar-refractivity contribution in [3.8, 4) is 5.75 Å². The lowest BCUT2D eigenvalue weighted by molar-refractivity contribution is -0.153. The quantitative estimate of drug-likeness (QED) is 0.371. The number of thioether (sulfide) groups is 1. The molecule has 196 valence electrons. The maximum absolute atomic E-state index is 14.9. The van der Waals surface area contributed by atoms with E-state index in [0.29, 0.717) is 10.5 Å². The van der Waals surface area contributed by atoms with E-state index in [-0.39, 0.29) is 16.7 Å². The molecule has 0 saturated heterocycles. The number of amides is 1. The topological polar surface area (TPSA) is 97.6 Å². The second-order valence-electron chi connectivity index (χ2n) is 9.38. The second-order valence-corrected chi connectivity index (χ2v) is 10.4. The molecule has 1 amide bonds. The van der Waals surface area contributed by atoms with Gasteiger partial charge in [-0.05, 0) is 50.6 Å². The molecule has 37 heavy (non-hydrogen) atoms. The van der Waals surface area contributed by atoms with Crippen molar-refractivity contribution in [1.29, 1.82) is 0 Å². The van der Waals surface area contributed by atoms with Crippen LogP contribution in [0.5, 0.6) is 5.75 Å². The van der Waals surface area contributed by atoms with Gasteiger partial charge >= 0.3 is 12.1 Å². The summed E-state index contributed by atoms with van der Waals surface area (Å²) in [5.74, 6) is -3.53. The third-order valence-electron chi connectivity index (χ3n) is 5.61. The highest BCUT2D eigenvalue weighted by Gasteiger charge is 2.34. The van der Waals surface area contributed by atoms with Crippen LogP contribution < -0.4 is 10.9 Å². The van der Waals surface area contributed by atoms with E-state index < -0.39 is 64.5 Å². The standard InChI is InChI=1S/C25H22F4N2O5S/c1-24(2,3)36-17(32)10-30-22(34)19-21(33)18-14(26)8-9-16-20(18)31(23(19)35)15(11-37-16)12-4-6-13(7-5-12)25(27,28)29/h4-9,15,33H,10-11H2,1-3H3,(H,30,34). The molecule has 0 fully saturated rings. The number of carbonyl (C=O) groups excluding carboxylic acids is 2. The number of rotatable bonds is 4. The van der Waals surface area contributed by atoms with Crippen molar-refractivity contribution >= 4 is 34.5 Å². The van der Waals surface area contributed by atoms with Crippen LogP contribution in [0.4, 0.5) is 17.6 Å². The summed E-state index contributed by atoms with van der Waals surface area (Å²) in [5, 5.41) is 12.6. The summed E-state index contributed by atoms with van der Waals surface area (Å²) in [6, 6.07) is 5.81. The first-order chi connectivity index (χ1) is 17.2. The highest BCUT2D eigenvalue weighted by molar-refractivity contribution is 7.99. The predicted octanol–water partition coefficient (Wildman–Crippen LogP) is 4.63. The summed E-state index contributed by atoms with van der Waals surface area (Å²) >= 11 is 1.23. The summed E-state index contributed by atoms with van der Waals surface area (Å²) in [6.45, 7) is 4.25. The van der Waals surface area contributed by atoms with Gasteiger partial charge in [0.15, 0.2) is 0 Å². The number of aromatic nitrogens is 1. The van der Waals surface area contributed by atoms with E-state index in [1.54, 1.807) is 20.8 Å². The van der Waals surface area contributed by atoms with E-state index in [1.165, 1.54) is 30.0 Å². The number of ether oxygens (including phenoxy) is 1. The maximum atomic E-state index is 14.9. The smallest absolute Gasteiger partial charge is 0.416 e. The molecule has 1 atom stereocenters. The predicted molar refractivity (Wildman–Crippen MR) is 128 cm³/mol. The number of hydrogen-bond acceptors (Lipinski definition) is 6. The van der Waals surface area contributed by atoms with E-state index in [0.717, 1.165) is 22.8 Å². The summed E-state index contributed by atoms with van der Waals surface area (Å²) in [6.07, 6.45) is -4.56. The fraction of sp³-hybridized carbons (Fsp3) is 0.320. The number of benzene rings is 2. The number of hydrogen-bond donors (Lipinski definition) is 2. The van der Waals surface area contributed by atoms with Crippen LogP contribution in [0.2, 0.25) is 0 Å². The molecule has 0 saturated carbocycles. The Morgan fingerprint density at radius 2 is 1.78 bits per heavy atom. The van der Waals surface area contributed by atoms with Crippen molar-refractivity contribution in [2.24, 2.45) is 0 Å². The number of alkyl halides is 3. The number of aromatic hydroxyl groups is 1. The molecule has 1 unspecified atom stereocenters. The molecule has 3 aromatic rings. The minimum Gasteiger partial charge on any atom is -0.506 e. The Bertz CT molecular complexity index is 1460. The average Bonchev–Trinajstić information content (AvgIpc) is 2.79. The number of esters is 1. The molecule has 0 radical (unpaired) electrons. The van der Waals surface area contributed by atoms with Crippen molar-refractivity contribution < 1.29 is 37.0 Å². The van der Waals surface area contributed by atoms with Crippen LogP contribution >= 0.6 is 11.8 Å². The minimum atomic E-state index is -4.56. The molecule has 2 aromatic carbocycles. The van der Waals surface area contributed by atoms with Crippen LogP contribution in [-0.2, 0) is 15.7 Å². The fourth-order valence-corrected chi connectivity index (χ4v) is 5.26. The van der Waals surface area contributed by atoms with Gasteiger partial charge in [-0.2, -0.15) is 13.2 Å². The zero-order chi connectivity index (χ0) is 27.3. The van der Waals surface area contributed by atoms with Gasteiger partial charge in [-0.25, -0.2) is 4.39 Å². The first-order valence-corrected chi connectivity index (χ1v) is 12.1. The minimum absolute atomic E-state index is 0.0207. The van der Waals surface area contributed by atoms with Crippen molar-refractivity contribution in [3.05, 3.63) is 69.3 Å². The summed E-state index contributed by atoms with van der Waals surface area (Å²) in [5.41, 5.74) is -3.14. The van der Waals surface area contributed by atoms with Gasteiger partial charge in [0.05, 0.1) is 22.5 Å². The van der Waals surface area contributed by atoms with Gasteiger partial charge in [0.25, 0.3) is 11.5 Å². The van der Waals surface area contributed by atoms with Gasteiger partial charge in [0, 0.05) is 10.6 Å². The Morgan fingerprint density at radius 1 is 1.14 bits per heavy atom. The molecular weight excluding hydrogens is 516 g/mol. The van der Waals surface area contributed by atoms with Crippen molar-refractivity contribution in [2.75, 3.05) is 12.3 Å². The lowest BCUT2D eigenvalue weighted by Gasteiger charge is -2.29. The Morgan fingerprint density at radius 3 is 2.38 bits per heavy atom. The first-order valence-electron chi connectivity index (χ1n) is 11.1. The highest BCUT2D eigenvalue weighted by Crippen LogP contribution is 2.43. The molecule has 0 aliphatic carbocycles. The second kappa shape index (κ2) is 9.40. The van der Waals surface area contributed by atoms with E-state index in [1.807, 2.05) is 0 Å². The average molecular weight is 539 g/mol. The lowest BCUT2D eigenvalue weighted by atomic mass is 10.0. The van der Waals surface area contributed by atoms with E-state index in [4.69, 9.17) is 4.74 Å². The van der Waals surface area contributed by atoms with Gasteiger partial charge in [-0.1, -0.05) is 12.1 Å². The van der Waals surface area contributed by atoms with Gasteiger partial charge in [-0.15, -0.1) is 11.8 Å². The zero-order valence-corrected chi connectivity index (χ0v) is 20.7. The molecule has 4 rings (SSSR count). The molecule has 12 heteroatoms. The Labute approximate surface area is 212 Å². The van der Waals surface area contributed by atoms with E-state index in [2.05, 4.69) is 5.32 Å². The maximum Gasteiger partial charge on any atom is 0.416 e. The van der Waals surface area contributed by atoms with Crippen molar-refractivity contribution in [3.63, 3.8) is 0 Å². The lowest BCUT2D eigenvalue weighted by Crippen LogP contribution is -2.39. The normalized spacial score (nSPS) is 15.5. The number of nitrogens with one attached hydrogen (secondary N) is 1. The molecule has 2 N–H and O–H groups in total. The molecule has 1 aliphatic rings. The van der Waals surface area contributed by atoms with Crippen LogP contribution in [0.25, 0.3) is 10.9 Å². The van der Waals surface area contributed by atoms with Gasteiger partial charge < -0.3 is 15.2 Å². The molecule has 0 spiro atoms. The van der Waals surface area contributed by atoms with Crippen molar-refractivity contribution in [1.82, 2.24) is 9.88 Å². The number of halogens is 4. The summed E-state index contributed by atoms with van der Waals surface area (Å²) in [7, 11) is 0. The van der Waals surface area contributed by atoms with Crippen LogP contribution in [0.3, 0.4) is 0 Å².